The summed E-state index contributed by atoms with van der Waals surface area (Å²) in [6, 6.07) is 8.01. The summed E-state index contributed by atoms with van der Waals surface area (Å²) in [7, 11) is 0. The molecule has 2 aromatic rings. The largest absolute Gasteiger partial charge is 0.241 e. The normalized spacial score (nSPS) is 10.6. The van der Waals surface area contributed by atoms with Crippen LogP contribution in [0, 0.1) is 13.8 Å². The highest BCUT2D eigenvalue weighted by atomic mass is 79.9. The number of rotatable bonds is 2. The van der Waals surface area contributed by atoms with Crippen molar-refractivity contribution in [2.75, 3.05) is 0 Å². The lowest BCUT2D eigenvalue weighted by Gasteiger charge is -2.06. The summed E-state index contributed by atoms with van der Waals surface area (Å²) in [5.74, 6) is 0. The predicted molar refractivity (Wildman–Crippen MR) is 74.8 cm³/mol. The molecule has 1 heterocycles. The number of aromatic nitrogens is 2. The molecule has 0 atom stereocenters. The SMILES string of the molecule is Cc1nc(Cl)c(Sc2ccc(Br)cc2)nc1C. The Labute approximate surface area is 118 Å². The summed E-state index contributed by atoms with van der Waals surface area (Å²) in [6.07, 6.45) is 0. The molecule has 0 aliphatic rings. The van der Waals surface area contributed by atoms with Crippen LogP contribution in [0.1, 0.15) is 11.4 Å². The Hall–Kier alpha value is -0.580. The van der Waals surface area contributed by atoms with Crippen LogP contribution in [-0.4, -0.2) is 9.97 Å². The Morgan fingerprint density at radius 2 is 1.65 bits per heavy atom. The van der Waals surface area contributed by atoms with Crippen molar-refractivity contribution in [2.24, 2.45) is 0 Å². The Morgan fingerprint density at radius 3 is 2.29 bits per heavy atom. The van der Waals surface area contributed by atoms with Crippen molar-refractivity contribution in [3.63, 3.8) is 0 Å². The van der Waals surface area contributed by atoms with E-state index < -0.39 is 0 Å². The van der Waals surface area contributed by atoms with Crippen LogP contribution in [0.2, 0.25) is 5.15 Å². The second-order valence-corrected chi connectivity index (χ2v) is 5.88. The van der Waals surface area contributed by atoms with Gasteiger partial charge in [-0.25, -0.2) is 9.97 Å². The van der Waals surface area contributed by atoms with Crippen molar-refractivity contribution in [1.29, 1.82) is 0 Å². The number of hydrogen-bond donors (Lipinski definition) is 0. The first kappa shape index (κ1) is 12.9. The zero-order chi connectivity index (χ0) is 12.4. The molecule has 1 aromatic carbocycles. The number of benzene rings is 1. The van der Waals surface area contributed by atoms with Crippen LogP contribution in [0.25, 0.3) is 0 Å². The molecule has 0 unspecified atom stereocenters. The lowest BCUT2D eigenvalue weighted by molar-refractivity contribution is 0.957. The molecule has 0 spiro atoms. The topological polar surface area (TPSA) is 25.8 Å². The molecule has 1 aromatic heterocycles. The van der Waals surface area contributed by atoms with E-state index in [1.807, 2.05) is 38.1 Å². The minimum atomic E-state index is 0.459. The van der Waals surface area contributed by atoms with Gasteiger partial charge in [-0.1, -0.05) is 39.3 Å². The van der Waals surface area contributed by atoms with E-state index in [1.165, 1.54) is 11.8 Å². The maximum Gasteiger partial charge on any atom is 0.161 e. The first-order valence-corrected chi connectivity index (χ1v) is 6.99. The predicted octanol–water partition coefficient (Wildman–Crippen LogP) is 4.66. The molecule has 2 rings (SSSR count). The van der Waals surface area contributed by atoms with Gasteiger partial charge in [-0.15, -0.1) is 0 Å². The molecule has 0 aliphatic heterocycles. The Kier molecular flexibility index (Phi) is 4.07. The smallest absolute Gasteiger partial charge is 0.161 e. The first-order chi connectivity index (χ1) is 8.06. The molecule has 0 saturated carbocycles. The number of nitrogens with zero attached hydrogens (tertiary/aromatic N) is 2. The van der Waals surface area contributed by atoms with E-state index in [0.717, 1.165) is 25.8 Å². The van der Waals surface area contributed by atoms with Gasteiger partial charge < -0.3 is 0 Å². The minimum absolute atomic E-state index is 0.459. The van der Waals surface area contributed by atoms with Crippen LogP contribution >= 0.6 is 39.3 Å². The van der Waals surface area contributed by atoms with Gasteiger partial charge in [0.2, 0.25) is 0 Å². The standard InChI is InChI=1S/C12H10BrClN2S/c1-7-8(2)16-12(11(14)15-7)17-10-5-3-9(13)4-6-10/h3-6H,1-2H3. The number of hydrogen-bond acceptors (Lipinski definition) is 3. The Balaban J connectivity index is 2.30. The van der Waals surface area contributed by atoms with Gasteiger partial charge in [0, 0.05) is 9.37 Å². The van der Waals surface area contributed by atoms with Crippen LogP contribution in [0.3, 0.4) is 0 Å². The summed E-state index contributed by atoms with van der Waals surface area (Å²) in [5.41, 5.74) is 1.78. The maximum atomic E-state index is 6.08. The summed E-state index contributed by atoms with van der Waals surface area (Å²) in [5, 5.41) is 1.21. The fourth-order valence-electron chi connectivity index (χ4n) is 1.23. The highest BCUT2D eigenvalue weighted by molar-refractivity contribution is 9.10. The Morgan fingerprint density at radius 1 is 1.06 bits per heavy atom. The van der Waals surface area contributed by atoms with E-state index >= 15 is 0 Å². The zero-order valence-corrected chi connectivity index (χ0v) is 12.5. The van der Waals surface area contributed by atoms with E-state index in [2.05, 4.69) is 25.9 Å². The quantitative estimate of drug-likeness (QED) is 0.801. The van der Waals surface area contributed by atoms with Crippen molar-refractivity contribution in [3.8, 4) is 0 Å². The lowest BCUT2D eigenvalue weighted by Crippen LogP contribution is -1.94. The fourth-order valence-corrected chi connectivity index (χ4v) is 2.59. The summed E-state index contributed by atoms with van der Waals surface area (Å²) < 4.78 is 1.05. The molecular weight excluding hydrogens is 320 g/mol. The maximum absolute atomic E-state index is 6.08. The highest BCUT2D eigenvalue weighted by Crippen LogP contribution is 2.31. The van der Waals surface area contributed by atoms with Gasteiger partial charge in [0.25, 0.3) is 0 Å². The summed E-state index contributed by atoms with van der Waals surface area (Å²) in [6.45, 7) is 3.84. The minimum Gasteiger partial charge on any atom is -0.241 e. The molecule has 0 aliphatic carbocycles. The molecule has 0 radical (unpaired) electrons. The third-order valence-electron chi connectivity index (χ3n) is 2.26. The summed E-state index contributed by atoms with van der Waals surface area (Å²) in [4.78, 5) is 9.80. The van der Waals surface area contributed by atoms with Crippen molar-refractivity contribution in [3.05, 3.63) is 45.3 Å². The van der Waals surface area contributed by atoms with Gasteiger partial charge >= 0.3 is 0 Å². The van der Waals surface area contributed by atoms with Gasteiger partial charge in [-0.3, -0.25) is 0 Å². The van der Waals surface area contributed by atoms with Crippen molar-refractivity contribution >= 4 is 39.3 Å². The molecule has 5 heteroatoms. The molecule has 88 valence electrons. The monoisotopic (exact) mass is 328 g/mol. The molecule has 0 bridgehead atoms. The van der Waals surface area contributed by atoms with E-state index in [4.69, 9.17) is 11.6 Å². The van der Waals surface area contributed by atoms with Gasteiger partial charge in [-0.05, 0) is 38.1 Å². The van der Waals surface area contributed by atoms with Crippen LogP contribution in [0.15, 0.2) is 38.7 Å². The van der Waals surface area contributed by atoms with Crippen LogP contribution < -0.4 is 0 Å². The highest BCUT2D eigenvalue weighted by Gasteiger charge is 2.08. The lowest BCUT2D eigenvalue weighted by atomic mass is 10.4. The summed E-state index contributed by atoms with van der Waals surface area (Å²) >= 11 is 11.0. The van der Waals surface area contributed by atoms with Crippen LogP contribution in [-0.2, 0) is 0 Å². The third kappa shape index (κ3) is 3.21. The van der Waals surface area contributed by atoms with Crippen molar-refractivity contribution in [1.82, 2.24) is 9.97 Å². The second kappa shape index (κ2) is 5.38. The molecule has 0 saturated heterocycles. The second-order valence-electron chi connectivity index (χ2n) is 3.55. The number of halogens is 2. The molecule has 17 heavy (non-hydrogen) atoms. The van der Waals surface area contributed by atoms with Crippen LogP contribution in [0.5, 0.6) is 0 Å². The third-order valence-corrected chi connectivity index (χ3v) is 4.15. The first-order valence-electron chi connectivity index (χ1n) is 5.00. The molecule has 0 fully saturated rings. The molecule has 2 nitrogen and oxygen atoms in total. The van der Waals surface area contributed by atoms with Gasteiger partial charge in [0.05, 0.1) is 11.4 Å². The molecule has 0 amide bonds. The van der Waals surface area contributed by atoms with Gasteiger partial charge in [-0.2, -0.15) is 0 Å². The average molecular weight is 330 g/mol. The van der Waals surface area contributed by atoms with Crippen molar-refractivity contribution in [2.45, 2.75) is 23.8 Å². The number of aryl methyl sites for hydroxylation is 2. The van der Waals surface area contributed by atoms with E-state index in [1.54, 1.807) is 0 Å². The fraction of sp³-hybridized carbons (Fsp3) is 0.167. The zero-order valence-electron chi connectivity index (χ0n) is 9.37. The molecule has 0 N–H and O–H groups in total. The Bertz CT molecular complexity index is 543. The van der Waals surface area contributed by atoms with Gasteiger partial charge in [0.1, 0.15) is 5.03 Å². The van der Waals surface area contributed by atoms with E-state index in [9.17, 15) is 0 Å². The van der Waals surface area contributed by atoms with Crippen molar-refractivity contribution < 1.29 is 0 Å². The molecular formula is C12H10BrClN2S. The van der Waals surface area contributed by atoms with Gasteiger partial charge in [0.15, 0.2) is 5.15 Å². The van der Waals surface area contributed by atoms with Crippen LogP contribution in [0.4, 0.5) is 0 Å². The van der Waals surface area contributed by atoms with E-state index in [-0.39, 0.29) is 0 Å². The average Bonchev–Trinajstić information content (AvgIpc) is 2.29. The van der Waals surface area contributed by atoms with E-state index in [0.29, 0.717) is 5.15 Å².